The van der Waals surface area contributed by atoms with Gasteiger partial charge < -0.3 is 4.90 Å². The van der Waals surface area contributed by atoms with Gasteiger partial charge in [0.15, 0.2) is 0 Å². The molecule has 4 aromatic rings. The highest BCUT2D eigenvalue weighted by molar-refractivity contribution is 5.51. The minimum Gasteiger partial charge on any atom is -0.363 e. The van der Waals surface area contributed by atoms with E-state index in [1.165, 1.54) is 12.1 Å². The zero-order chi connectivity index (χ0) is 21.0. The van der Waals surface area contributed by atoms with Gasteiger partial charge in [-0.05, 0) is 53.1 Å². The zero-order valence-electron chi connectivity index (χ0n) is 17.0. The minimum atomic E-state index is -0.617. The molecule has 0 aliphatic rings. The topological polar surface area (TPSA) is 41.9 Å². The molecule has 0 bridgehead atoms. The second-order valence-electron chi connectivity index (χ2n) is 7.45. The predicted octanol–water partition coefficient (Wildman–Crippen LogP) is 4.65. The lowest BCUT2D eigenvalue weighted by Crippen LogP contribution is -2.33. The Morgan fingerprint density at radius 1 is 0.767 bits per heavy atom. The van der Waals surface area contributed by atoms with Gasteiger partial charge >= 0.3 is 0 Å². The maximum Gasteiger partial charge on any atom is 0.128 e. The summed E-state index contributed by atoms with van der Waals surface area (Å²) in [6, 6.07) is 20.7. The third-order valence-electron chi connectivity index (χ3n) is 5.34. The van der Waals surface area contributed by atoms with Crippen molar-refractivity contribution in [3.05, 3.63) is 120 Å². The number of benzene rings is 1. The summed E-state index contributed by atoms with van der Waals surface area (Å²) in [6.45, 7) is 0. The minimum absolute atomic E-state index is 0.266. The molecule has 0 saturated heterocycles. The van der Waals surface area contributed by atoms with Gasteiger partial charge in [-0.2, -0.15) is 0 Å². The molecule has 4 rings (SSSR count). The van der Waals surface area contributed by atoms with Crippen molar-refractivity contribution in [2.45, 2.75) is 11.8 Å². The van der Waals surface area contributed by atoms with Crippen molar-refractivity contribution in [2.24, 2.45) is 0 Å². The first-order valence-corrected chi connectivity index (χ1v) is 9.80. The number of rotatable bonds is 6. The fourth-order valence-electron chi connectivity index (χ4n) is 3.86. The molecular weight excluding hydrogens is 375 g/mol. The Labute approximate surface area is 176 Å². The molecule has 0 atom stereocenters. The van der Waals surface area contributed by atoms with Gasteiger partial charge in [0.25, 0.3) is 0 Å². The fourth-order valence-corrected chi connectivity index (χ4v) is 3.86. The van der Waals surface area contributed by atoms with E-state index in [0.717, 1.165) is 28.2 Å². The van der Waals surface area contributed by atoms with Gasteiger partial charge in [-0.15, -0.1) is 0 Å². The summed E-state index contributed by atoms with van der Waals surface area (Å²) >= 11 is 0. The van der Waals surface area contributed by atoms with Crippen LogP contribution in [0.15, 0.2) is 91.5 Å². The molecule has 0 saturated carbocycles. The van der Waals surface area contributed by atoms with E-state index in [-0.39, 0.29) is 5.82 Å². The van der Waals surface area contributed by atoms with Gasteiger partial charge in [-0.3, -0.25) is 9.97 Å². The highest BCUT2D eigenvalue weighted by Gasteiger charge is 2.37. The van der Waals surface area contributed by atoms with Crippen LogP contribution in [0.2, 0.25) is 0 Å². The second-order valence-corrected chi connectivity index (χ2v) is 7.45. The van der Waals surface area contributed by atoms with Crippen LogP contribution in [0, 0.1) is 5.82 Å². The fraction of sp³-hybridized carbons (Fsp3) is 0.160. The monoisotopic (exact) mass is 398 g/mol. The Bertz CT molecular complexity index is 1060. The molecule has 0 radical (unpaired) electrons. The Morgan fingerprint density at radius 3 is 1.93 bits per heavy atom. The first-order chi connectivity index (χ1) is 14.6. The molecule has 0 aliphatic heterocycles. The van der Waals surface area contributed by atoms with E-state index in [9.17, 15) is 4.39 Å². The highest BCUT2D eigenvalue weighted by atomic mass is 19.1. The van der Waals surface area contributed by atoms with Gasteiger partial charge in [-0.25, -0.2) is 9.37 Å². The smallest absolute Gasteiger partial charge is 0.128 e. The first-order valence-electron chi connectivity index (χ1n) is 9.80. The molecule has 5 heteroatoms. The van der Waals surface area contributed by atoms with E-state index in [0.29, 0.717) is 6.42 Å². The second kappa shape index (κ2) is 8.41. The largest absolute Gasteiger partial charge is 0.363 e. The van der Waals surface area contributed by atoms with E-state index in [1.54, 1.807) is 12.4 Å². The summed E-state index contributed by atoms with van der Waals surface area (Å²) in [4.78, 5) is 15.6. The molecule has 1 aromatic carbocycles. The molecule has 4 nitrogen and oxygen atoms in total. The van der Waals surface area contributed by atoms with E-state index in [1.807, 2.05) is 73.9 Å². The SMILES string of the molecule is CN(C)c1cccc(CC(c2ccc(F)cc2)(c2cccnc2)c2cccnc2)n1. The highest BCUT2D eigenvalue weighted by Crippen LogP contribution is 2.41. The number of hydrogen-bond acceptors (Lipinski definition) is 4. The van der Waals surface area contributed by atoms with Gasteiger partial charge in [0, 0.05) is 51.0 Å². The van der Waals surface area contributed by atoms with Crippen molar-refractivity contribution in [1.82, 2.24) is 15.0 Å². The van der Waals surface area contributed by atoms with Crippen molar-refractivity contribution < 1.29 is 4.39 Å². The van der Waals surface area contributed by atoms with Crippen molar-refractivity contribution >= 4 is 5.82 Å². The molecular formula is C25H23FN4. The zero-order valence-corrected chi connectivity index (χ0v) is 17.0. The van der Waals surface area contributed by atoms with Crippen LogP contribution in [0.25, 0.3) is 0 Å². The summed E-state index contributed by atoms with van der Waals surface area (Å²) in [6.07, 6.45) is 7.83. The number of aromatic nitrogens is 3. The molecule has 0 spiro atoms. The maximum absolute atomic E-state index is 13.8. The summed E-state index contributed by atoms with van der Waals surface area (Å²) in [5.74, 6) is 0.621. The van der Waals surface area contributed by atoms with Crippen LogP contribution in [-0.4, -0.2) is 29.0 Å². The molecule has 0 fully saturated rings. The number of anilines is 1. The Balaban J connectivity index is 1.97. The van der Waals surface area contributed by atoms with Crippen LogP contribution in [0.3, 0.4) is 0 Å². The van der Waals surface area contributed by atoms with Gasteiger partial charge in [0.1, 0.15) is 11.6 Å². The average molecular weight is 398 g/mol. The number of hydrogen-bond donors (Lipinski definition) is 0. The summed E-state index contributed by atoms with van der Waals surface area (Å²) in [5, 5.41) is 0. The molecule has 0 aliphatic carbocycles. The van der Waals surface area contributed by atoms with E-state index < -0.39 is 5.41 Å². The normalized spacial score (nSPS) is 11.3. The van der Waals surface area contributed by atoms with Crippen molar-refractivity contribution in [1.29, 1.82) is 0 Å². The van der Waals surface area contributed by atoms with Crippen molar-refractivity contribution in [3.63, 3.8) is 0 Å². The van der Waals surface area contributed by atoms with Gasteiger partial charge in [-0.1, -0.05) is 30.3 Å². The third kappa shape index (κ3) is 3.79. The van der Waals surface area contributed by atoms with Crippen LogP contribution in [-0.2, 0) is 11.8 Å². The Hall–Kier alpha value is -3.60. The molecule has 0 amide bonds. The van der Waals surface area contributed by atoms with Crippen LogP contribution < -0.4 is 4.90 Å². The average Bonchev–Trinajstić information content (AvgIpc) is 2.79. The lowest BCUT2D eigenvalue weighted by atomic mass is 9.67. The molecule has 3 aromatic heterocycles. The third-order valence-corrected chi connectivity index (χ3v) is 5.34. The Morgan fingerprint density at radius 2 is 1.40 bits per heavy atom. The lowest BCUT2D eigenvalue weighted by Gasteiger charge is -2.35. The van der Waals surface area contributed by atoms with E-state index in [2.05, 4.69) is 22.1 Å². The Kier molecular flexibility index (Phi) is 5.53. The van der Waals surface area contributed by atoms with Crippen molar-refractivity contribution in [2.75, 3.05) is 19.0 Å². The van der Waals surface area contributed by atoms with Gasteiger partial charge in [0.2, 0.25) is 0 Å². The summed E-state index contributed by atoms with van der Waals surface area (Å²) in [7, 11) is 3.95. The van der Waals surface area contributed by atoms with E-state index in [4.69, 9.17) is 4.98 Å². The standard InChI is InChI=1S/C25H23FN4/c1-30(2)24-9-3-8-23(29-24)16-25(20-6-4-14-27-17-20,21-7-5-15-28-18-21)19-10-12-22(26)13-11-19/h3-15,17-18H,16H2,1-2H3. The summed E-state index contributed by atoms with van der Waals surface area (Å²) < 4.78 is 13.8. The van der Waals surface area contributed by atoms with E-state index >= 15 is 0 Å². The molecule has 0 N–H and O–H groups in total. The quantitative estimate of drug-likeness (QED) is 0.474. The van der Waals surface area contributed by atoms with Crippen LogP contribution in [0.4, 0.5) is 10.2 Å². The first kappa shape index (κ1) is 19.7. The molecule has 150 valence electrons. The molecule has 0 unspecified atom stereocenters. The maximum atomic E-state index is 13.8. The van der Waals surface area contributed by atoms with Gasteiger partial charge in [0.05, 0.1) is 5.41 Å². The molecule has 3 heterocycles. The number of halogens is 1. The van der Waals surface area contributed by atoms with Crippen molar-refractivity contribution in [3.8, 4) is 0 Å². The number of nitrogens with zero attached hydrogens (tertiary/aromatic N) is 4. The molecule has 30 heavy (non-hydrogen) atoms. The van der Waals surface area contributed by atoms with Crippen LogP contribution in [0.1, 0.15) is 22.4 Å². The number of pyridine rings is 3. The summed E-state index contributed by atoms with van der Waals surface area (Å²) in [5.41, 5.74) is 3.28. The lowest BCUT2D eigenvalue weighted by molar-refractivity contribution is 0.589. The predicted molar refractivity (Wildman–Crippen MR) is 117 cm³/mol. The van der Waals surface area contributed by atoms with Crippen LogP contribution in [0.5, 0.6) is 0 Å². The van der Waals surface area contributed by atoms with Crippen LogP contribution >= 0.6 is 0 Å².